The number of hydrogen-bond donors (Lipinski definition) is 2. The van der Waals surface area contributed by atoms with Crippen molar-refractivity contribution in [3.8, 4) is 5.75 Å². The number of esters is 3. The maximum absolute atomic E-state index is 15.4. The van der Waals surface area contributed by atoms with E-state index in [1.165, 1.54) is 21.1 Å². The average molecular weight is 825 g/mol. The number of nitrogens with one attached hydrogen (secondary N) is 1. The molecule has 1 aromatic heterocycles. The number of ether oxygens (including phenoxy) is 5. The van der Waals surface area contributed by atoms with E-state index >= 15 is 4.79 Å². The van der Waals surface area contributed by atoms with Crippen LogP contribution >= 0.6 is 0 Å². The lowest BCUT2D eigenvalue weighted by Crippen LogP contribution is -2.81. The van der Waals surface area contributed by atoms with Gasteiger partial charge in [0, 0.05) is 83.6 Å². The molecular weight excluding hydrogens is 769 g/mol. The molecule has 1 saturated carbocycles. The van der Waals surface area contributed by atoms with E-state index in [4.69, 9.17) is 23.7 Å². The Balaban J connectivity index is 1.28. The molecule has 0 radical (unpaired) electrons. The maximum atomic E-state index is 15.4. The Hall–Kier alpha value is -4.47. The van der Waals surface area contributed by atoms with Crippen LogP contribution in [0.2, 0.25) is 0 Å². The van der Waals surface area contributed by atoms with Crippen molar-refractivity contribution >= 4 is 34.5 Å². The first kappa shape index (κ1) is 39.7. The first-order valence-corrected chi connectivity index (χ1v) is 21.5. The van der Waals surface area contributed by atoms with E-state index in [-0.39, 0.29) is 24.5 Å². The number of rotatable bonds is 7. The van der Waals surface area contributed by atoms with Crippen LogP contribution in [0.4, 0.5) is 5.69 Å². The van der Waals surface area contributed by atoms with Crippen molar-refractivity contribution in [3.05, 3.63) is 76.1 Å². The van der Waals surface area contributed by atoms with E-state index in [0.29, 0.717) is 75.4 Å². The fourth-order valence-corrected chi connectivity index (χ4v) is 14.1. The van der Waals surface area contributed by atoms with Crippen LogP contribution in [0.5, 0.6) is 5.75 Å². The molecule has 2 N–H and O–H groups in total. The molecule has 0 unspecified atom stereocenters. The molecule has 1 aliphatic carbocycles. The summed E-state index contributed by atoms with van der Waals surface area (Å²) in [7, 11) is 6.09. The molecule has 60 heavy (non-hydrogen) atoms. The summed E-state index contributed by atoms with van der Waals surface area (Å²) in [5.41, 5.74) is -1.80. The number of nitrogens with zero attached hydrogens (tertiary/aromatic N) is 3. The van der Waals surface area contributed by atoms with Crippen molar-refractivity contribution in [2.45, 2.75) is 99.2 Å². The normalized spacial score (nSPS) is 39.5. The zero-order chi connectivity index (χ0) is 42.4. The number of para-hydroxylation sites is 1. The Morgan fingerprint density at radius 3 is 2.52 bits per heavy atom. The minimum Gasteiger partial charge on any atom is -0.633 e. The van der Waals surface area contributed by atoms with Crippen molar-refractivity contribution < 1.29 is 47.8 Å². The summed E-state index contributed by atoms with van der Waals surface area (Å²) in [6, 6.07) is 10.7. The first-order chi connectivity index (χ1) is 28.7. The standard InChI is InChI=1S/C46H56N4O10/c1-8-42-16-12-18-49-19-17-44(37(42)49)30-21-31(34(56-5)22-33(30)48(4)38(44)46(54,41(53)58-7)39(42)59-26(3)51)45(40(52)57-6)23-27-24-50(55,25-43(9-2)36(27)60-43)20-15-29-28-13-10-11-14-32(28)47-35(29)45/h10-14,16,21-22,27,36-39,47,54H,8-9,15,17-20,23-25H2,1-7H3/t27-,36-,37+,38-,39-,42-,43+,44-,45+,46+,50+/m1/s1. The topological polar surface area (TPSA) is 166 Å². The van der Waals surface area contributed by atoms with Crippen LogP contribution < -0.4 is 9.64 Å². The highest BCUT2D eigenvalue weighted by atomic mass is 16.6. The molecule has 0 amide bonds. The highest BCUT2D eigenvalue weighted by Crippen LogP contribution is 2.68. The second kappa shape index (κ2) is 13.0. The third-order valence-electron chi connectivity index (χ3n) is 16.3. The highest BCUT2D eigenvalue weighted by molar-refractivity contribution is 5.95. The fraction of sp³-hybridized carbons (Fsp3) is 0.587. The zero-order valence-corrected chi connectivity index (χ0v) is 35.5. The Bertz CT molecular complexity index is 2360. The Morgan fingerprint density at radius 1 is 1.05 bits per heavy atom. The number of hydrogen-bond acceptors (Lipinski definition) is 12. The molecule has 3 aromatic rings. The van der Waals surface area contributed by atoms with Gasteiger partial charge in [-0.25, -0.2) is 4.79 Å². The maximum Gasteiger partial charge on any atom is 0.344 e. The van der Waals surface area contributed by atoms with E-state index in [9.17, 15) is 19.9 Å². The number of aromatic amines is 1. The molecule has 2 bridgehead atoms. The van der Waals surface area contributed by atoms with Crippen LogP contribution in [0.1, 0.15) is 68.8 Å². The van der Waals surface area contributed by atoms with E-state index < -0.39 is 62.1 Å². The smallest absolute Gasteiger partial charge is 0.344 e. The van der Waals surface area contributed by atoms with Gasteiger partial charge in [-0.05, 0) is 55.5 Å². The molecule has 2 aromatic carbocycles. The first-order valence-electron chi connectivity index (χ1n) is 21.5. The van der Waals surface area contributed by atoms with Gasteiger partial charge in [0.1, 0.15) is 29.4 Å². The van der Waals surface area contributed by atoms with Crippen molar-refractivity contribution in [3.63, 3.8) is 0 Å². The number of H-pyrrole nitrogens is 1. The van der Waals surface area contributed by atoms with Gasteiger partial charge >= 0.3 is 17.9 Å². The number of aromatic nitrogens is 1. The molecule has 7 aliphatic rings. The van der Waals surface area contributed by atoms with Gasteiger partial charge in [-0.2, -0.15) is 0 Å². The minimum atomic E-state index is -2.32. The number of epoxide rings is 1. The van der Waals surface area contributed by atoms with Crippen LogP contribution in [0.15, 0.2) is 48.6 Å². The third-order valence-corrected chi connectivity index (χ3v) is 16.3. The quantitative estimate of drug-likeness (QED) is 0.0880. The molecule has 320 valence electrons. The fourth-order valence-electron chi connectivity index (χ4n) is 14.1. The molecule has 11 atom stereocenters. The van der Waals surface area contributed by atoms with Gasteiger partial charge in [-0.15, -0.1) is 0 Å². The molecular formula is C46H56N4O10. The van der Waals surface area contributed by atoms with Crippen LogP contribution in [0, 0.1) is 16.5 Å². The second-order valence-corrected chi connectivity index (χ2v) is 18.7. The Labute approximate surface area is 349 Å². The van der Waals surface area contributed by atoms with Crippen LogP contribution in [-0.4, -0.2) is 134 Å². The van der Waals surface area contributed by atoms with Gasteiger partial charge in [0.05, 0.1) is 40.5 Å². The number of anilines is 1. The lowest BCUT2D eigenvalue weighted by atomic mass is 9.47. The molecule has 14 nitrogen and oxygen atoms in total. The Kier molecular flexibility index (Phi) is 8.61. The third kappa shape index (κ3) is 4.74. The van der Waals surface area contributed by atoms with Crippen LogP contribution in [0.25, 0.3) is 10.9 Å². The molecule has 3 saturated heterocycles. The molecule has 7 heterocycles. The SMILES string of the molecule is CC[C@]12C[N@+]3([O-])CCc4c([nH]c5ccccc45)[C@@](C(=O)OC)(c4cc5c(cc4OC)N(C)[C@H]4[C@@](O)(C(=O)OC)[C@H](OC(C)=O)[C@]6(CC)C=CCN7CC[C@]54[C@@H]76)C[C@H](C3)[C@H]1O2. The summed E-state index contributed by atoms with van der Waals surface area (Å²) in [6.07, 6.45) is 4.93. The van der Waals surface area contributed by atoms with Crippen LogP contribution in [0.3, 0.4) is 0 Å². The van der Waals surface area contributed by atoms with Gasteiger partial charge in [0.25, 0.3) is 0 Å². The van der Waals surface area contributed by atoms with Gasteiger partial charge in [0.15, 0.2) is 6.10 Å². The number of benzene rings is 2. The van der Waals surface area contributed by atoms with Gasteiger partial charge in [-0.1, -0.05) is 44.2 Å². The van der Waals surface area contributed by atoms with Crippen molar-refractivity contribution in [2.75, 3.05) is 66.0 Å². The number of carbonyl (C=O) groups excluding carboxylic acids is 3. The van der Waals surface area contributed by atoms with Crippen molar-refractivity contribution in [2.24, 2.45) is 11.3 Å². The number of quaternary nitrogens is 1. The lowest BCUT2D eigenvalue weighted by Gasteiger charge is -2.63. The molecule has 10 rings (SSSR count). The summed E-state index contributed by atoms with van der Waals surface area (Å²) < 4.78 is 30.0. The number of methoxy groups -OCH3 is 3. The average Bonchev–Trinajstić information content (AvgIpc) is 3.51. The highest BCUT2D eigenvalue weighted by Gasteiger charge is 2.80. The number of aliphatic hydroxyl groups is 1. The number of likely N-dealkylation sites (N-methyl/N-ethyl adjacent to an activating group) is 1. The number of carbonyl (C=O) groups is 3. The number of piperidine rings is 1. The van der Waals surface area contributed by atoms with E-state index in [2.05, 4.69) is 22.9 Å². The summed E-state index contributed by atoms with van der Waals surface area (Å²) in [6.45, 7) is 7.64. The van der Waals surface area contributed by atoms with Gasteiger partial charge in [-0.3, -0.25) is 14.5 Å². The molecule has 14 heteroatoms. The van der Waals surface area contributed by atoms with E-state index in [1.807, 2.05) is 61.4 Å². The summed E-state index contributed by atoms with van der Waals surface area (Å²) in [5.74, 6) is -1.88. The summed E-state index contributed by atoms with van der Waals surface area (Å²) in [5, 5.41) is 29.2. The largest absolute Gasteiger partial charge is 0.633 e. The zero-order valence-electron chi connectivity index (χ0n) is 35.5. The summed E-state index contributed by atoms with van der Waals surface area (Å²) >= 11 is 0. The minimum absolute atomic E-state index is 0.207. The number of fused-ring (bicyclic) bond motifs is 8. The monoisotopic (exact) mass is 824 g/mol. The summed E-state index contributed by atoms with van der Waals surface area (Å²) in [4.78, 5) is 50.9. The molecule has 6 aliphatic heterocycles. The molecule has 1 spiro atoms. The van der Waals surface area contributed by atoms with E-state index in [1.54, 1.807) is 7.11 Å². The van der Waals surface area contributed by atoms with Crippen LogP contribution in [-0.2, 0) is 50.6 Å². The molecule has 4 fully saturated rings. The Morgan fingerprint density at radius 2 is 1.82 bits per heavy atom. The predicted molar refractivity (Wildman–Crippen MR) is 220 cm³/mol. The van der Waals surface area contributed by atoms with Crippen molar-refractivity contribution in [1.29, 1.82) is 0 Å². The second-order valence-electron chi connectivity index (χ2n) is 18.7. The number of hydroxylamine groups is 3. The van der Waals surface area contributed by atoms with E-state index in [0.717, 1.165) is 27.7 Å². The predicted octanol–water partition coefficient (Wildman–Crippen LogP) is 4.02. The van der Waals surface area contributed by atoms with Crippen molar-refractivity contribution in [1.82, 2.24) is 9.88 Å². The lowest BCUT2D eigenvalue weighted by molar-refractivity contribution is -0.890. The van der Waals surface area contributed by atoms with Gasteiger partial charge < -0.3 is 48.5 Å². The van der Waals surface area contributed by atoms with Gasteiger partial charge in [0.2, 0.25) is 5.60 Å².